The molecule has 0 aliphatic carbocycles. The molecule has 2 aromatic rings. The van der Waals surface area contributed by atoms with Crippen molar-refractivity contribution < 1.29 is 14.7 Å². The van der Waals surface area contributed by atoms with E-state index < -0.39 is 12.0 Å². The lowest BCUT2D eigenvalue weighted by molar-refractivity contribution is 0.0748. The molecule has 0 radical (unpaired) electrons. The molecule has 1 aliphatic heterocycles. The fourth-order valence-corrected chi connectivity index (χ4v) is 4.69. The van der Waals surface area contributed by atoms with Gasteiger partial charge < -0.3 is 26.0 Å². The maximum atomic E-state index is 11.9. The zero-order valence-corrected chi connectivity index (χ0v) is 20.9. The third-order valence-electron chi connectivity index (χ3n) is 5.70. The van der Waals surface area contributed by atoms with Crippen LogP contribution in [0.15, 0.2) is 23.4 Å². The standard InChI is InChI=1S/C22H29ClN6O3S/c1-12-10-13(25-19-16(18(24)30)17(23)26-20(27-19)33-5)6-7-14(12)28-8-9-29(21(31)32)15(11-28)22(2,3)4/h6-7,10,15H,8-9,11H2,1-5H3,(H2,24,30)(H,31,32)(H,25,26,27). The van der Waals surface area contributed by atoms with Gasteiger partial charge in [0.1, 0.15) is 16.5 Å². The Morgan fingerprint density at radius 3 is 2.52 bits per heavy atom. The van der Waals surface area contributed by atoms with Crippen LogP contribution in [0, 0.1) is 12.3 Å². The van der Waals surface area contributed by atoms with Gasteiger partial charge >= 0.3 is 6.09 Å². The van der Waals surface area contributed by atoms with Crippen molar-refractivity contribution in [2.45, 2.75) is 38.9 Å². The summed E-state index contributed by atoms with van der Waals surface area (Å²) in [7, 11) is 0. The fourth-order valence-electron chi connectivity index (χ4n) is 4.01. The summed E-state index contributed by atoms with van der Waals surface area (Å²) in [5, 5.41) is 13.2. The number of aryl methyl sites for hydroxylation is 1. The number of thioether (sulfide) groups is 1. The van der Waals surface area contributed by atoms with Crippen LogP contribution in [0.1, 0.15) is 36.7 Å². The Hall–Kier alpha value is -2.72. The molecule has 178 valence electrons. The lowest BCUT2D eigenvalue weighted by atomic mass is 9.84. The zero-order chi connectivity index (χ0) is 24.5. The first-order valence-electron chi connectivity index (χ1n) is 10.5. The molecule has 0 bridgehead atoms. The van der Waals surface area contributed by atoms with Crippen LogP contribution in [-0.4, -0.2) is 63.9 Å². The fraction of sp³-hybridized carbons (Fsp3) is 0.455. The SMILES string of the molecule is CSc1nc(Cl)c(C(N)=O)c(Nc2ccc(N3CCN(C(=O)O)C(C(C)(C)C)C3)c(C)c2)n1. The van der Waals surface area contributed by atoms with Gasteiger partial charge in [-0.05, 0) is 42.4 Å². The molecule has 9 nitrogen and oxygen atoms in total. The predicted octanol–water partition coefficient (Wildman–Crippen LogP) is 4.22. The van der Waals surface area contributed by atoms with Gasteiger partial charge in [-0.3, -0.25) is 4.79 Å². The first kappa shape index (κ1) is 24.9. The van der Waals surface area contributed by atoms with Crippen LogP contribution in [0.25, 0.3) is 0 Å². The van der Waals surface area contributed by atoms with E-state index in [-0.39, 0.29) is 28.0 Å². The Balaban J connectivity index is 1.88. The summed E-state index contributed by atoms with van der Waals surface area (Å²) in [6.07, 6.45) is 0.928. The van der Waals surface area contributed by atoms with Gasteiger partial charge in [0.05, 0.1) is 6.04 Å². The van der Waals surface area contributed by atoms with Gasteiger partial charge in [-0.1, -0.05) is 44.1 Å². The number of primary amides is 1. The van der Waals surface area contributed by atoms with Crippen LogP contribution >= 0.6 is 23.4 Å². The van der Waals surface area contributed by atoms with Crippen LogP contribution in [-0.2, 0) is 0 Å². The molecular weight excluding hydrogens is 464 g/mol. The van der Waals surface area contributed by atoms with Crippen molar-refractivity contribution in [3.05, 3.63) is 34.5 Å². The molecule has 1 atom stereocenters. The summed E-state index contributed by atoms with van der Waals surface area (Å²) in [4.78, 5) is 35.8. The normalized spacial score (nSPS) is 16.6. The smallest absolute Gasteiger partial charge is 0.407 e. The Labute approximate surface area is 202 Å². The Morgan fingerprint density at radius 2 is 1.97 bits per heavy atom. The van der Waals surface area contributed by atoms with E-state index in [1.165, 1.54) is 16.7 Å². The molecule has 2 amide bonds. The highest BCUT2D eigenvalue weighted by Crippen LogP contribution is 2.33. The zero-order valence-electron chi connectivity index (χ0n) is 19.3. The third kappa shape index (κ3) is 5.44. The van der Waals surface area contributed by atoms with Gasteiger partial charge in [-0.15, -0.1) is 0 Å². The van der Waals surface area contributed by atoms with Gasteiger partial charge in [0.2, 0.25) is 0 Å². The molecule has 1 aromatic heterocycles. The maximum absolute atomic E-state index is 11.9. The number of rotatable bonds is 5. The molecule has 0 spiro atoms. The average Bonchev–Trinajstić information content (AvgIpc) is 2.72. The number of halogens is 1. The highest BCUT2D eigenvalue weighted by atomic mass is 35.5. The largest absolute Gasteiger partial charge is 0.465 e. The minimum Gasteiger partial charge on any atom is -0.465 e. The number of carbonyl (C=O) groups is 2. The van der Waals surface area contributed by atoms with E-state index in [2.05, 4.69) is 41.0 Å². The van der Waals surface area contributed by atoms with Gasteiger partial charge in [0.25, 0.3) is 5.91 Å². The van der Waals surface area contributed by atoms with Crippen LogP contribution in [0.2, 0.25) is 5.15 Å². The number of piperazine rings is 1. The number of benzene rings is 1. The Bertz CT molecular complexity index is 1070. The molecule has 1 aliphatic rings. The summed E-state index contributed by atoms with van der Waals surface area (Å²) < 4.78 is 0. The summed E-state index contributed by atoms with van der Waals surface area (Å²) in [5.41, 5.74) is 8.08. The molecule has 1 fully saturated rings. The third-order valence-corrected chi connectivity index (χ3v) is 6.52. The highest BCUT2D eigenvalue weighted by Gasteiger charge is 2.38. The second-order valence-corrected chi connectivity index (χ2v) is 10.2. The Kier molecular flexibility index (Phi) is 7.28. The first-order valence-corrected chi connectivity index (χ1v) is 12.1. The molecular formula is C22H29ClN6O3S. The minimum atomic E-state index is -0.885. The predicted molar refractivity (Wildman–Crippen MR) is 132 cm³/mol. The number of carboxylic acid groups (broad SMARTS) is 1. The molecule has 1 aromatic carbocycles. The van der Waals surface area contributed by atoms with Crippen molar-refractivity contribution in [3.63, 3.8) is 0 Å². The van der Waals surface area contributed by atoms with Crippen molar-refractivity contribution in [3.8, 4) is 0 Å². The molecule has 0 saturated carbocycles. The number of nitrogens with one attached hydrogen (secondary N) is 1. The first-order chi connectivity index (χ1) is 15.4. The van der Waals surface area contributed by atoms with Crippen molar-refractivity contribution in [2.75, 3.05) is 36.1 Å². The summed E-state index contributed by atoms with van der Waals surface area (Å²) in [6, 6.07) is 5.69. The van der Waals surface area contributed by atoms with Crippen molar-refractivity contribution in [1.82, 2.24) is 14.9 Å². The van der Waals surface area contributed by atoms with Crippen LogP contribution in [0.5, 0.6) is 0 Å². The number of amides is 2. The van der Waals surface area contributed by atoms with Gasteiger partial charge in [0, 0.05) is 31.0 Å². The minimum absolute atomic E-state index is 0.00205. The second-order valence-electron chi connectivity index (χ2n) is 9.02. The lowest BCUT2D eigenvalue weighted by Crippen LogP contribution is -2.59. The van der Waals surface area contributed by atoms with E-state index in [1.807, 2.05) is 31.4 Å². The van der Waals surface area contributed by atoms with Crippen LogP contribution in [0.3, 0.4) is 0 Å². The number of nitrogens with zero attached hydrogens (tertiary/aromatic N) is 4. The molecule has 33 heavy (non-hydrogen) atoms. The van der Waals surface area contributed by atoms with Crippen molar-refractivity contribution >= 4 is 52.6 Å². The molecule has 2 heterocycles. The highest BCUT2D eigenvalue weighted by molar-refractivity contribution is 7.98. The van der Waals surface area contributed by atoms with E-state index in [9.17, 15) is 14.7 Å². The van der Waals surface area contributed by atoms with Crippen molar-refractivity contribution in [1.29, 1.82) is 0 Å². The second kappa shape index (κ2) is 9.64. The molecule has 1 unspecified atom stereocenters. The van der Waals surface area contributed by atoms with Gasteiger partial charge in [-0.2, -0.15) is 0 Å². The quantitative estimate of drug-likeness (QED) is 0.322. The summed E-state index contributed by atoms with van der Waals surface area (Å²) in [6.45, 7) is 9.82. The van der Waals surface area contributed by atoms with E-state index in [0.717, 1.165) is 16.9 Å². The molecule has 11 heteroatoms. The molecule has 1 saturated heterocycles. The number of nitrogens with two attached hydrogens (primary N) is 1. The monoisotopic (exact) mass is 492 g/mol. The number of hydrogen-bond acceptors (Lipinski definition) is 7. The Morgan fingerprint density at radius 1 is 1.27 bits per heavy atom. The van der Waals surface area contributed by atoms with Gasteiger partial charge in [0.15, 0.2) is 5.16 Å². The van der Waals surface area contributed by atoms with Crippen molar-refractivity contribution in [2.24, 2.45) is 11.1 Å². The van der Waals surface area contributed by atoms with E-state index in [1.54, 1.807) is 0 Å². The van der Waals surface area contributed by atoms with E-state index in [0.29, 0.717) is 24.8 Å². The maximum Gasteiger partial charge on any atom is 0.407 e. The molecule has 3 rings (SSSR count). The van der Waals surface area contributed by atoms with E-state index in [4.69, 9.17) is 17.3 Å². The van der Waals surface area contributed by atoms with Gasteiger partial charge in [-0.25, -0.2) is 14.8 Å². The summed E-state index contributed by atoms with van der Waals surface area (Å²) >= 11 is 7.46. The number of hydrogen-bond donors (Lipinski definition) is 3. The number of aromatic nitrogens is 2. The van der Waals surface area contributed by atoms with E-state index >= 15 is 0 Å². The summed E-state index contributed by atoms with van der Waals surface area (Å²) in [5.74, 6) is -0.463. The number of carbonyl (C=O) groups excluding carboxylic acids is 1. The topological polar surface area (TPSA) is 125 Å². The van der Waals surface area contributed by atoms with Crippen LogP contribution < -0.4 is 16.0 Å². The average molecular weight is 493 g/mol. The lowest BCUT2D eigenvalue weighted by Gasteiger charge is -2.47. The number of anilines is 3. The molecule has 4 N–H and O–H groups in total. The van der Waals surface area contributed by atoms with Crippen LogP contribution in [0.4, 0.5) is 22.0 Å².